The number of hydrogen-bond donors (Lipinski definition) is 1. The fourth-order valence-electron chi connectivity index (χ4n) is 2.16. The van der Waals surface area contributed by atoms with Crippen LogP contribution in [0.5, 0.6) is 0 Å². The van der Waals surface area contributed by atoms with Crippen molar-refractivity contribution < 1.29 is 4.21 Å². The van der Waals surface area contributed by atoms with Gasteiger partial charge in [-0.1, -0.05) is 42.8 Å². The van der Waals surface area contributed by atoms with Crippen LogP contribution in [0, 0.1) is 0 Å². The van der Waals surface area contributed by atoms with E-state index in [1.54, 1.807) is 24.3 Å². The summed E-state index contributed by atoms with van der Waals surface area (Å²) in [6.07, 6.45) is 1.00. The highest BCUT2D eigenvalue weighted by Gasteiger charge is 2.22. The van der Waals surface area contributed by atoms with Crippen molar-refractivity contribution in [2.24, 2.45) is 5.73 Å². The van der Waals surface area contributed by atoms with Crippen LogP contribution in [0.1, 0.15) is 31.0 Å². The van der Waals surface area contributed by atoms with Crippen molar-refractivity contribution in [3.8, 4) is 0 Å². The van der Waals surface area contributed by atoms with Crippen molar-refractivity contribution >= 4 is 22.4 Å². The Balaban J connectivity index is 2.15. The Kier molecular flexibility index (Phi) is 5.57. The summed E-state index contributed by atoms with van der Waals surface area (Å²) in [5.74, 6) is 0. The quantitative estimate of drug-likeness (QED) is 0.901. The zero-order valence-electron chi connectivity index (χ0n) is 12.3. The fraction of sp³-hybridized carbons (Fsp3) is 0.294. The second kappa shape index (κ2) is 7.21. The number of nitrogens with two attached hydrogens (primary N) is 1. The van der Waals surface area contributed by atoms with Crippen LogP contribution in [0.15, 0.2) is 53.4 Å². The van der Waals surface area contributed by atoms with Crippen LogP contribution in [-0.4, -0.2) is 9.46 Å². The van der Waals surface area contributed by atoms with E-state index in [0.717, 1.165) is 16.9 Å². The lowest BCUT2D eigenvalue weighted by atomic mass is 10.0. The first-order valence-corrected chi connectivity index (χ1v) is 8.62. The molecule has 0 radical (unpaired) electrons. The first-order valence-electron chi connectivity index (χ1n) is 7.03. The Bertz CT molecular complexity index is 610. The van der Waals surface area contributed by atoms with Crippen LogP contribution < -0.4 is 5.73 Å². The van der Waals surface area contributed by atoms with Gasteiger partial charge in [0.15, 0.2) is 0 Å². The van der Waals surface area contributed by atoms with Gasteiger partial charge < -0.3 is 5.73 Å². The van der Waals surface area contributed by atoms with Gasteiger partial charge in [0.25, 0.3) is 0 Å². The summed E-state index contributed by atoms with van der Waals surface area (Å²) in [4.78, 5) is 0.757. The van der Waals surface area contributed by atoms with Crippen LogP contribution in [0.4, 0.5) is 0 Å². The maximum absolute atomic E-state index is 12.6. The number of halogens is 1. The van der Waals surface area contributed by atoms with Gasteiger partial charge in [0, 0.05) is 16.0 Å². The van der Waals surface area contributed by atoms with E-state index in [-0.39, 0.29) is 11.3 Å². The van der Waals surface area contributed by atoms with Gasteiger partial charge in [-0.25, -0.2) is 0 Å². The molecular formula is C17H20ClNOS. The average Bonchev–Trinajstić information content (AvgIpc) is 2.53. The predicted molar refractivity (Wildman–Crippen MR) is 90.1 cm³/mol. The lowest BCUT2D eigenvalue weighted by Gasteiger charge is -2.20. The second-order valence-corrected chi connectivity index (χ2v) is 7.32. The molecule has 0 amide bonds. The van der Waals surface area contributed by atoms with Gasteiger partial charge in [-0.05, 0) is 48.7 Å². The third-order valence-corrected chi connectivity index (χ3v) is 5.62. The molecule has 4 heteroatoms. The molecule has 0 aliphatic rings. The highest BCUT2D eigenvalue weighted by molar-refractivity contribution is 7.85. The standard InChI is InChI=1S/C17H20ClNOS/c1-3-13-4-6-14(7-5-13)17(19)12(2)21(20)16-10-8-15(18)9-11-16/h4-12,17H,3,19H2,1-2H3. The number of aryl methyl sites for hydroxylation is 1. The van der Waals surface area contributed by atoms with Crippen molar-refractivity contribution in [3.63, 3.8) is 0 Å². The SMILES string of the molecule is CCc1ccc(C(N)C(C)S(=O)c2ccc(Cl)cc2)cc1. The van der Waals surface area contributed by atoms with Crippen molar-refractivity contribution in [1.29, 1.82) is 0 Å². The molecule has 0 fully saturated rings. The summed E-state index contributed by atoms with van der Waals surface area (Å²) >= 11 is 5.86. The van der Waals surface area contributed by atoms with Crippen molar-refractivity contribution in [2.45, 2.75) is 36.5 Å². The van der Waals surface area contributed by atoms with E-state index in [1.165, 1.54) is 5.56 Å². The molecule has 2 rings (SSSR count). The van der Waals surface area contributed by atoms with Gasteiger partial charge in [0.05, 0.1) is 16.0 Å². The van der Waals surface area contributed by atoms with Gasteiger partial charge in [0.1, 0.15) is 0 Å². The molecule has 0 bridgehead atoms. The van der Waals surface area contributed by atoms with E-state index >= 15 is 0 Å². The van der Waals surface area contributed by atoms with Crippen LogP contribution in [-0.2, 0) is 17.2 Å². The maximum atomic E-state index is 12.6. The Morgan fingerprint density at radius 3 is 2.19 bits per heavy atom. The van der Waals surface area contributed by atoms with Gasteiger partial charge in [0.2, 0.25) is 0 Å². The molecule has 2 N–H and O–H groups in total. The summed E-state index contributed by atoms with van der Waals surface area (Å²) in [5.41, 5.74) is 8.57. The number of hydrogen-bond acceptors (Lipinski definition) is 2. The highest BCUT2D eigenvalue weighted by atomic mass is 35.5. The highest BCUT2D eigenvalue weighted by Crippen LogP contribution is 2.23. The molecule has 0 aliphatic heterocycles. The van der Waals surface area contributed by atoms with E-state index in [4.69, 9.17) is 17.3 Å². The second-order valence-electron chi connectivity index (χ2n) is 5.08. The summed E-state index contributed by atoms with van der Waals surface area (Å²) in [6, 6.07) is 15.0. The molecule has 0 aliphatic carbocycles. The monoisotopic (exact) mass is 321 g/mol. The molecule has 3 atom stereocenters. The van der Waals surface area contributed by atoms with Crippen LogP contribution in [0.3, 0.4) is 0 Å². The Morgan fingerprint density at radius 1 is 1.10 bits per heavy atom. The van der Waals surface area contributed by atoms with Gasteiger partial charge >= 0.3 is 0 Å². The smallest absolute Gasteiger partial charge is 0.0577 e. The molecule has 0 heterocycles. The van der Waals surface area contributed by atoms with Crippen molar-refractivity contribution in [2.75, 3.05) is 0 Å². The molecule has 0 aromatic heterocycles. The average molecular weight is 322 g/mol. The van der Waals surface area contributed by atoms with Gasteiger partial charge in [-0.3, -0.25) is 4.21 Å². The first kappa shape index (κ1) is 16.2. The third kappa shape index (κ3) is 3.94. The molecule has 0 spiro atoms. The van der Waals surface area contributed by atoms with Crippen LogP contribution in [0.2, 0.25) is 5.02 Å². The number of rotatable bonds is 5. The van der Waals surface area contributed by atoms with E-state index in [9.17, 15) is 4.21 Å². The first-order chi connectivity index (χ1) is 10.0. The topological polar surface area (TPSA) is 43.1 Å². The zero-order chi connectivity index (χ0) is 15.4. The van der Waals surface area contributed by atoms with Crippen molar-refractivity contribution in [3.05, 3.63) is 64.7 Å². The minimum absolute atomic E-state index is 0.168. The van der Waals surface area contributed by atoms with Crippen LogP contribution >= 0.6 is 11.6 Å². The van der Waals surface area contributed by atoms with E-state index in [0.29, 0.717) is 5.02 Å². The summed E-state index contributed by atoms with van der Waals surface area (Å²) < 4.78 is 12.6. The fourth-order valence-corrected chi connectivity index (χ4v) is 3.55. The molecule has 0 saturated carbocycles. The van der Waals surface area contributed by atoms with Crippen molar-refractivity contribution in [1.82, 2.24) is 0 Å². The molecule has 112 valence electrons. The summed E-state index contributed by atoms with van der Waals surface area (Å²) in [6.45, 7) is 4.04. The summed E-state index contributed by atoms with van der Waals surface area (Å²) in [7, 11) is -1.16. The molecule has 2 nitrogen and oxygen atoms in total. The number of benzene rings is 2. The van der Waals surface area contributed by atoms with E-state index < -0.39 is 10.8 Å². The van der Waals surface area contributed by atoms with E-state index in [2.05, 4.69) is 19.1 Å². The lowest BCUT2D eigenvalue weighted by Crippen LogP contribution is -2.27. The lowest BCUT2D eigenvalue weighted by molar-refractivity contribution is 0.643. The molecule has 2 aromatic rings. The zero-order valence-corrected chi connectivity index (χ0v) is 13.8. The molecule has 21 heavy (non-hydrogen) atoms. The maximum Gasteiger partial charge on any atom is 0.0577 e. The Labute approximate surface area is 133 Å². The normalized spacial score (nSPS) is 15.4. The molecule has 2 aromatic carbocycles. The predicted octanol–water partition coefficient (Wildman–Crippen LogP) is 4.10. The van der Waals surface area contributed by atoms with Gasteiger partial charge in [-0.15, -0.1) is 0 Å². The van der Waals surface area contributed by atoms with Gasteiger partial charge in [-0.2, -0.15) is 0 Å². The molecule has 3 unspecified atom stereocenters. The molecular weight excluding hydrogens is 302 g/mol. The minimum atomic E-state index is -1.16. The minimum Gasteiger partial charge on any atom is -0.323 e. The van der Waals surface area contributed by atoms with E-state index in [1.807, 2.05) is 19.1 Å². The molecule has 0 saturated heterocycles. The Hall–Kier alpha value is -1.16. The largest absolute Gasteiger partial charge is 0.323 e. The summed E-state index contributed by atoms with van der Waals surface area (Å²) in [5, 5.41) is 0.474. The third-order valence-electron chi connectivity index (χ3n) is 3.66. The van der Waals surface area contributed by atoms with Crippen LogP contribution in [0.25, 0.3) is 0 Å². The Morgan fingerprint density at radius 2 is 1.67 bits per heavy atom.